The SMILES string of the molecule is O=C(O)c1ccc(CN(Cc2ccccc2)Cc2ccccc2Cl)o1. The fraction of sp³-hybridized carbons (Fsp3) is 0.150. The van der Waals surface area contributed by atoms with Crippen molar-refractivity contribution in [1.29, 1.82) is 0 Å². The summed E-state index contributed by atoms with van der Waals surface area (Å²) in [5.41, 5.74) is 2.18. The number of hydrogen-bond donors (Lipinski definition) is 1. The molecule has 128 valence electrons. The van der Waals surface area contributed by atoms with E-state index in [4.69, 9.17) is 21.1 Å². The second-order valence-electron chi connectivity index (χ2n) is 5.79. The Morgan fingerprint density at radius 3 is 2.32 bits per heavy atom. The van der Waals surface area contributed by atoms with Crippen LogP contribution in [0.3, 0.4) is 0 Å². The highest BCUT2D eigenvalue weighted by Gasteiger charge is 2.14. The second kappa shape index (κ2) is 8.01. The molecule has 0 aliphatic carbocycles. The number of rotatable bonds is 7. The maximum atomic E-state index is 11.0. The molecule has 0 spiro atoms. The average molecular weight is 356 g/mol. The van der Waals surface area contributed by atoms with Crippen molar-refractivity contribution in [2.75, 3.05) is 0 Å². The fourth-order valence-electron chi connectivity index (χ4n) is 2.68. The minimum atomic E-state index is -1.06. The number of nitrogens with zero attached hydrogens (tertiary/aromatic N) is 1. The molecule has 0 aliphatic rings. The van der Waals surface area contributed by atoms with E-state index in [1.54, 1.807) is 6.07 Å². The number of halogens is 1. The highest BCUT2D eigenvalue weighted by molar-refractivity contribution is 6.31. The van der Waals surface area contributed by atoms with Crippen molar-refractivity contribution in [3.8, 4) is 0 Å². The molecule has 1 heterocycles. The van der Waals surface area contributed by atoms with Gasteiger partial charge in [0.15, 0.2) is 0 Å². The van der Waals surface area contributed by atoms with Crippen LogP contribution in [-0.4, -0.2) is 16.0 Å². The summed E-state index contributed by atoms with van der Waals surface area (Å²) in [4.78, 5) is 13.2. The van der Waals surface area contributed by atoms with Gasteiger partial charge in [-0.25, -0.2) is 4.79 Å². The lowest BCUT2D eigenvalue weighted by Gasteiger charge is -2.22. The van der Waals surface area contributed by atoms with Gasteiger partial charge >= 0.3 is 5.97 Å². The third-order valence-corrected chi connectivity index (χ3v) is 4.22. The number of furan rings is 1. The van der Waals surface area contributed by atoms with Crippen molar-refractivity contribution < 1.29 is 14.3 Å². The highest BCUT2D eigenvalue weighted by Crippen LogP contribution is 2.21. The van der Waals surface area contributed by atoms with Gasteiger partial charge < -0.3 is 9.52 Å². The van der Waals surface area contributed by atoms with Gasteiger partial charge in [-0.1, -0.05) is 60.1 Å². The summed E-state index contributed by atoms with van der Waals surface area (Å²) in [7, 11) is 0. The molecule has 1 N–H and O–H groups in total. The van der Waals surface area contributed by atoms with Crippen LogP contribution < -0.4 is 0 Å². The molecule has 0 aliphatic heterocycles. The standard InChI is InChI=1S/C20H18ClNO3/c21-18-9-5-4-8-16(18)13-22(12-15-6-2-1-3-7-15)14-17-10-11-19(25-17)20(23)24/h1-11H,12-14H2,(H,23,24). The van der Waals surface area contributed by atoms with Crippen LogP contribution in [-0.2, 0) is 19.6 Å². The Kier molecular flexibility index (Phi) is 5.53. The molecule has 1 aromatic heterocycles. The number of carbonyl (C=O) groups is 1. The molecule has 3 aromatic rings. The molecule has 0 fully saturated rings. The molecular weight excluding hydrogens is 338 g/mol. The van der Waals surface area contributed by atoms with E-state index in [0.29, 0.717) is 30.4 Å². The molecule has 3 rings (SSSR count). The van der Waals surface area contributed by atoms with Gasteiger partial charge in [0.25, 0.3) is 0 Å². The van der Waals surface area contributed by atoms with Crippen LogP contribution in [0.25, 0.3) is 0 Å². The van der Waals surface area contributed by atoms with Crippen molar-refractivity contribution in [3.05, 3.63) is 94.4 Å². The van der Waals surface area contributed by atoms with E-state index in [1.807, 2.05) is 42.5 Å². The van der Waals surface area contributed by atoms with Crippen molar-refractivity contribution in [3.63, 3.8) is 0 Å². The van der Waals surface area contributed by atoms with Crippen molar-refractivity contribution >= 4 is 17.6 Å². The molecule has 0 atom stereocenters. The largest absolute Gasteiger partial charge is 0.475 e. The summed E-state index contributed by atoms with van der Waals surface area (Å²) in [6, 6.07) is 21.0. The molecule has 4 nitrogen and oxygen atoms in total. The average Bonchev–Trinajstić information content (AvgIpc) is 3.07. The molecule has 0 amide bonds. The van der Waals surface area contributed by atoms with E-state index in [1.165, 1.54) is 11.6 Å². The van der Waals surface area contributed by atoms with Crippen LogP contribution in [0.15, 0.2) is 71.1 Å². The maximum absolute atomic E-state index is 11.0. The smallest absolute Gasteiger partial charge is 0.371 e. The number of carboxylic acids is 1. The van der Waals surface area contributed by atoms with Crippen LogP contribution in [0.1, 0.15) is 27.4 Å². The van der Waals surface area contributed by atoms with Crippen LogP contribution in [0.4, 0.5) is 0 Å². The molecule has 25 heavy (non-hydrogen) atoms. The first kappa shape index (κ1) is 17.3. The molecule has 0 unspecified atom stereocenters. The summed E-state index contributed by atoms with van der Waals surface area (Å²) < 4.78 is 5.41. The summed E-state index contributed by atoms with van der Waals surface area (Å²) in [6.07, 6.45) is 0. The van der Waals surface area contributed by atoms with Crippen LogP contribution in [0.5, 0.6) is 0 Å². The Morgan fingerprint density at radius 2 is 1.64 bits per heavy atom. The summed E-state index contributed by atoms with van der Waals surface area (Å²) in [6.45, 7) is 1.83. The van der Waals surface area contributed by atoms with Gasteiger partial charge in [-0.15, -0.1) is 0 Å². The van der Waals surface area contributed by atoms with Gasteiger partial charge in [0, 0.05) is 18.1 Å². The van der Waals surface area contributed by atoms with E-state index in [0.717, 1.165) is 5.56 Å². The minimum absolute atomic E-state index is 0.0487. The maximum Gasteiger partial charge on any atom is 0.371 e. The molecule has 0 radical (unpaired) electrons. The Labute approximate surface area is 151 Å². The van der Waals surface area contributed by atoms with Gasteiger partial charge in [-0.3, -0.25) is 4.90 Å². The zero-order valence-corrected chi connectivity index (χ0v) is 14.3. The zero-order valence-electron chi connectivity index (χ0n) is 13.6. The minimum Gasteiger partial charge on any atom is -0.475 e. The summed E-state index contributed by atoms with van der Waals surface area (Å²) in [5, 5.41) is 9.73. The third kappa shape index (κ3) is 4.72. The molecule has 2 aromatic carbocycles. The van der Waals surface area contributed by atoms with Gasteiger partial charge in [0.2, 0.25) is 5.76 Å². The Morgan fingerprint density at radius 1 is 0.920 bits per heavy atom. The lowest BCUT2D eigenvalue weighted by atomic mass is 10.1. The number of carboxylic acid groups (broad SMARTS) is 1. The molecule has 0 saturated carbocycles. The lowest BCUT2D eigenvalue weighted by molar-refractivity contribution is 0.0658. The van der Waals surface area contributed by atoms with Crippen molar-refractivity contribution in [2.24, 2.45) is 0 Å². The molecule has 0 saturated heterocycles. The number of hydrogen-bond acceptors (Lipinski definition) is 3. The number of benzene rings is 2. The van der Waals surface area contributed by atoms with Gasteiger partial charge in [-0.2, -0.15) is 0 Å². The summed E-state index contributed by atoms with van der Waals surface area (Å²) >= 11 is 6.29. The monoisotopic (exact) mass is 355 g/mol. The molecular formula is C20H18ClNO3. The van der Waals surface area contributed by atoms with Crippen molar-refractivity contribution in [2.45, 2.75) is 19.6 Å². The van der Waals surface area contributed by atoms with Gasteiger partial charge in [-0.05, 0) is 29.3 Å². The first-order valence-corrected chi connectivity index (χ1v) is 8.31. The Bertz CT molecular complexity index is 845. The van der Waals surface area contributed by atoms with Crippen LogP contribution in [0, 0.1) is 0 Å². The van der Waals surface area contributed by atoms with Gasteiger partial charge in [0.05, 0.1) is 6.54 Å². The second-order valence-corrected chi connectivity index (χ2v) is 6.20. The Balaban J connectivity index is 1.80. The predicted octanol–water partition coefficient (Wildman–Crippen LogP) is 4.83. The van der Waals surface area contributed by atoms with Crippen molar-refractivity contribution in [1.82, 2.24) is 4.90 Å². The lowest BCUT2D eigenvalue weighted by Crippen LogP contribution is -2.22. The zero-order chi connectivity index (χ0) is 17.6. The molecule has 5 heteroatoms. The first-order chi connectivity index (χ1) is 12.1. The first-order valence-electron chi connectivity index (χ1n) is 7.93. The van der Waals surface area contributed by atoms with E-state index in [2.05, 4.69) is 17.0 Å². The summed E-state index contributed by atoms with van der Waals surface area (Å²) in [5.74, 6) is -0.500. The van der Waals surface area contributed by atoms with E-state index < -0.39 is 5.97 Å². The van der Waals surface area contributed by atoms with E-state index in [9.17, 15) is 4.79 Å². The van der Waals surface area contributed by atoms with Crippen LogP contribution >= 0.6 is 11.6 Å². The number of aromatic carboxylic acids is 1. The van der Waals surface area contributed by atoms with E-state index >= 15 is 0 Å². The van der Waals surface area contributed by atoms with Gasteiger partial charge in [0.1, 0.15) is 5.76 Å². The molecule has 0 bridgehead atoms. The normalized spacial score (nSPS) is 11.0. The van der Waals surface area contributed by atoms with E-state index in [-0.39, 0.29) is 5.76 Å². The van der Waals surface area contributed by atoms with Crippen LogP contribution in [0.2, 0.25) is 5.02 Å². The third-order valence-electron chi connectivity index (χ3n) is 3.85. The fourth-order valence-corrected chi connectivity index (χ4v) is 2.87. The topological polar surface area (TPSA) is 53.7 Å². The quantitative estimate of drug-likeness (QED) is 0.659. The predicted molar refractivity (Wildman–Crippen MR) is 96.5 cm³/mol. The Hall–Kier alpha value is -2.56. The highest BCUT2D eigenvalue weighted by atomic mass is 35.5.